The van der Waals surface area contributed by atoms with Crippen molar-refractivity contribution >= 4 is 15.9 Å². The minimum Gasteiger partial charge on any atom is -0.383 e. The van der Waals surface area contributed by atoms with Crippen LogP contribution in [0.1, 0.15) is 17.9 Å². The second-order valence-corrected chi connectivity index (χ2v) is 5.76. The first-order chi connectivity index (χ1) is 10.3. The fourth-order valence-electron chi connectivity index (χ4n) is 2.07. The Hall–Kier alpha value is -0.460. The zero-order valence-electron chi connectivity index (χ0n) is 12.9. The van der Waals surface area contributed by atoms with Crippen molar-refractivity contribution in [1.82, 2.24) is 5.32 Å². The molecular formula is C16H26BrNO3. The Balaban J connectivity index is 2.45. The van der Waals surface area contributed by atoms with Crippen LogP contribution < -0.4 is 5.32 Å². The lowest BCUT2D eigenvalue weighted by Gasteiger charge is -2.18. The molecule has 0 fully saturated rings. The van der Waals surface area contributed by atoms with Gasteiger partial charge in [0.05, 0.1) is 19.8 Å². The van der Waals surface area contributed by atoms with Crippen molar-refractivity contribution in [3.8, 4) is 0 Å². The molecule has 0 amide bonds. The summed E-state index contributed by atoms with van der Waals surface area (Å²) in [6.45, 7) is 4.56. The standard InChI is InChI=1S/C16H26BrNO3/c1-19-9-7-18-13-15(6-8-21-11-10-20-2)14-4-3-5-16(17)12-14/h3-5,12,15,18H,6-11,13H2,1-2H3. The summed E-state index contributed by atoms with van der Waals surface area (Å²) in [5, 5.41) is 3.44. The van der Waals surface area contributed by atoms with Crippen LogP contribution in [-0.2, 0) is 14.2 Å². The van der Waals surface area contributed by atoms with Crippen LogP contribution in [0.2, 0.25) is 0 Å². The largest absolute Gasteiger partial charge is 0.383 e. The van der Waals surface area contributed by atoms with Gasteiger partial charge in [-0.2, -0.15) is 0 Å². The molecule has 1 rings (SSSR count). The van der Waals surface area contributed by atoms with E-state index in [0.717, 1.165) is 37.2 Å². The van der Waals surface area contributed by atoms with Crippen molar-refractivity contribution in [1.29, 1.82) is 0 Å². The van der Waals surface area contributed by atoms with E-state index in [1.54, 1.807) is 14.2 Å². The zero-order valence-corrected chi connectivity index (χ0v) is 14.5. The highest BCUT2D eigenvalue weighted by atomic mass is 79.9. The van der Waals surface area contributed by atoms with E-state index in [1.165, 1.54) is 5.56 Å². The molecule has 120 valence electrons. The molecule has 5 heteroatoms. The van der Waals surface area contributed by atoms with Gasteiger partial charge in [-0.25, -0.2) is 0 Å². The van der Waals surface area contributed by atoms with Gasteiger partial charge in [-0.15, -0.1) is 0 Å². The summed E-state index contributed by atoms with van der Waals surface area (Å²) < 4.78 is 16.8. The predicted molar refractivity (Wildman–Crippen MR) is 88.9 cm³/mol. The normalized spacial score (nSPS) is 12.5. The lowest BCUT2D eigenvalue weighted by atomic mass is 9.96. The molecule has 0 aromatic heterocycles. The first-order valence-corrected chi connectivity index (χ1v) is 8.09. The van der Waals surface area contributed by atoms with Crippen molar-refractivity contribution in [3.63, 3.8) is 0 Å². The van der Waals surface area contributed by atoms with Gasteiger partial charge < -0.3 is 19.5 Å². The molecule has 1 N–H and O–H groups in total. The zero-order chi connectivity index (χ0) is 15.3. The fourth-order valence-corrected chi connectivity index (χ4v) is 2.48. The summed E-state index contributed by atoms with van der Waals surface area (Å²) in [6.07, 6.45) is 0.986. The van der Waals surface area contributed by atoms with E-state index in [1.807, 2.05) is 6.07 Å². The van der Waals surface area contributed by atoms with Crippen LogP contribution in [0.5, 0.6) is 0 Å². The number of rotatable bonds is 12. The Morgan fingerprint density at radius 2 is 1.90 bits per heavy atom. The Bertz CT molecular complexity index is 376. The average molecular weight is 360 g/mol. The maximum Gasteiger partial charge on any atom is 0.0700 e. The molecule has 0 saturated heterocycles. The number of hydrogen-bond donors (Lipinski definition) is 1. The summed E-state index contributed by atoms with van der Waals surface area (Å²) in [5.74, 6) is 0.432. The SMILES string of the molecule is COCCNCC(CCOCCOC)c1cccc(Br)c1. The van der Waals surface area contributed by atoms with Gasteiger partial charge in [0.1, 0.15) is 0 Å². The second kappa shape index (κ2) is 12.1. The number of halogens is 1. The Kier molecular flexibility index (Phi) is 10.7. The summed E-state index contributed by atoms with van der Waals surface area (Å²) in [4.78, 5) is 0. The van der Waals surface area contributed by atoms with Crippen LogP contribution >= 0.6 is 15.9 Å². The van der Waals surface area contributed by atoms with Gasteiger partial charge in [0.15, 0.2) is 0 Å². The molecule has 0 aliphatic heterocycles. The number of hydrogen-bond acceptors (Lipinski definition) is 4. The smallest absolute Gasteiger partial charge is 0.0700 e. The molecule has 0 aliphatic rings. The maximum atomic E-state index is 5.59. The molecule has 1 atom stereocenters. The van der Waals surface area contributed by atoms with Crippen molar-refractivity contribution in [2.75, 3.05) is 53.7 Å². The first kappa shape index (κ1) is 18.6. The third-order valence-electron chi connectivity index (χ3n) is 3.24. The van der Waals surface area contributed by atoms with Crippen LogP contribution in [-0.4, -0.2) is 53.7 Å². The molecule has 4 nitrogen and oxygen atoms in total. The van der Waals surface area contributed by atoms with Gasteiger partial charge in [0.25, 0.3) is 0 Å². The van der Waals surface area contributed by atoms with E-state index in [-0.39, 0.29) is 0 Å². The first-order valence-electron chi connectivity index (χ1n) is 7.29. The number of ether oxygens (including phenoxy) is 3. The Morgan fingerprint density at radius 3 is 2.62 bits per heavy atom. The average Bonchev–Trinajstić information content (AvgIpc) is 2.49. The molecule has 0 bridgehead atoms. The third kappa shape index (κ3) is 8.53. The monoisotopic (exact) mass is 359 g/mol. The lowest BCUT2D eigenvalue weighted by Crippen LogP contribution is -2.26. The highest BCUT2D eigenvalue weighted by molar-refractivity contribution is 9.10. The quantitative estimate of drug-likeness (QED) is 0.582. The number of nitrogens with one attached hydrogen (secondary N) is 1. The maximum absolute atomic E-state index is 5.59. The van der Waals surface area contributed by atoms with Crippen LogP contribution in [0, 0.1) is 0 Å². The molecule has 0 spiro atoms. The third-order valence-corrected chi connectivity index (χ3v) is 3.73. The molecule has 0 saturated carbocycles. The molecule has 1 aromatic rings. The molecule has 1 unspecified atom stereocenters. The molecule has 0 heterocycles. The van der Waals surface area contributed by atoms with Crippen LogP contribution in [0.15, 0.2) is 28.7 Å². The molecular weight excluding hydrogens is 334 g/mol. The summed E-state index contributed by atoms with van der Waals surface area (Å²) in [5.41, 5.74) is 1.32. The predicted octanol–water partition coefficient (Wildman–Crippen LogP) is 2.82. The van der Waals surface area contributed by atoms with Gasteiger partial charge >= 0.3 is 0 Å². The number of methoxy groups -OCH3 is 2. The van der Waals surface area contributed by atoms with Crippen molar-refractivity contribution in [2.45, 2.75) is 12.3 Å². The second-order valence-electron chi connectivity index (χ2n) is 4.84. The highest BCUT2D eigenvalue weighted by Gasteiger charge is 2.11. The highest BCUT2D eigenvalue weighted by Crippen LogP contribution is 2.22. The van der Waals surface area contributed by atoms with Crippen LogP contribution in [0.4, 0.5) is 0 Å². The summed E-state index contributed by atoms with van der Waals surface area (Å²) in [7, 11) is 3.41. The topological polar surface area (TPSA) is 39.7 Å². The van der Waals surface area contributed by atoms with E-state index in [0.29, 0.717) is 19.1 Å². The van der Waals surface area contributed by atoms with Crippen molar-refractivity contribution < 1.29 is 14.2 Å². The Labute approximate surface area is 136 Å². The number of benzene rings is 1. The molecule has 21 heavy (non-hydrogen) atoms. The minimum atomic E-state index is 0.432. The van der Waals surface area contributed by atoms with Gasteiger partial charge in [-0.3, -0.25) is 0 Å². The van der Waals surface area contributed by atoms with Crippen LogP contribution in [0.3, 0.4) is 0 Å². The van der Waals surface area contributed by atoms with E-state index >= 15 is 0 Å². The van der Waals surface area contributed by atoms with E-state index in [2.05, 4.69) is 39.4 Å². The molecule has 0 radical (unpaired) electrons. The van der Waals surface area contributed by atoms with E-state index < -0.39 is 0 Å². The van der Waals surface area contributed by atoms with Crippen molar-refractivity contribution in [2.24, 2.45) is 0 Å². The minimum absolute atomic E-state index is 0.432. The van der Waals surface area contributed by atoms with Gasteiger partial charge in [0.2, 0.25) is 0 Å². The molecule has 0 aliphatic carbocycles. The van der Waals surface area contributed by atoms with E-state index in [9.17, 15) is 0 Å². The van der Waals surface area contributed by atoms with Crippen LogP contribution in [0.25, 0.3) is 0 Å². The lowest BCUT2D eigenvalue weighted by molar-refractivity contribution is 0.0669. The van der Waals surface area contributed by atoms with Crippen molar-refractivity contribution in [3.05, 3.63) is 34.3 Å². The Morgan fingerprint density at radius 1 is 1.10 bits per heavy atom. The summed E-state index contributed by atoms with van der Waals surface area (Å²) >= 11 is 3.54. The van der Waals surface area contributed by atoms with E-state index in [4.69, 9.17) is 14.2 Å². The van der Waals surface area contributed by atoms with Gasteiger partial charge in [0, 0.05) is 38.4 Å². The fraction of sp³-hybridized carbons (Fsp3) is 0.625. The summed E-state index contributed by atoms with van der Waals surface area (Å²) in [6, 6.07) is 8.47. The van der Waals surface area contributed by atoms with Gasteiger partial charge in [-0.05, 0) is 30.0 Å². The molecule has 1 aromatic carbocycles. The van der Waals surface area contributed by atoms with Gasteiger partial charge in [-0.1, -0.05) is 28.1 Å².